The molecule has 0 bridgehead atoms. The van der Waals surface area contributed by atoms with Crippen molar-refractivity contribution < 1.29 is 18.7 Å². The quantitative estimate of drug-likeness (QED) is 0.347. The normalized spacial score (nSPS) is 10.6. The average Bonchev–Trinajstić information content (AvgIpc) is 3.22. The van der Waals surface area contributed by atoms with Crippen LogP contribution in [0, 0.1) is 0 Å². The molecular formula is C23H18BrN3O4S. The lowest BCUT2D eigenvalue weighted by molar-refractivity contribution is 0.0977. The summed E-state index contributed by atoms with van der Waals surface area (Å²) in [4.78, 5) is 16.9. The topological polar surface area (TPSA) is 85.6 Å². The van der Waals surface area contributed by atoms with Gasteiger partial charge in [-0.15, -0.1) is 0 Å². The number of fused-ring (bicyclic) bond motifs is 1. The highest BCUT2D eigenvalue weighted by Gasteiger charge is 2.13. The van der Waals surface area contributed by atoms with Gasteiger partial charge in [-0.25, -0.2) is 4.98 Å². The molecule has 32 heavy (non-hydrogen) atoms. The third-order valence-electron chi connectivity index (χ3n) is 4.61. The number of ether oxygens (including phenoxy) is 2. The van der Waals surface area contributed by atoms with E-state index in [1.54, 1.807) is 68.8 Å². The summed E-state index contributed by atoms with van der Waals surface area (Å²) in [5.41, 5.74) is 3.19. The summed E-state index contributed by atoms with van der Waals surface area (Å²) in [5, 5.41) is 5.85. The maximum Gasteiger partial charge on any atom is 0.257 e. The van der Waals surface area contributed by atoms with E-state index in [0.717, 1.165) is 10.0 Å². The fraction of sp³-hybridized carbons (Fsp3) is 0.0870. The first-order valence-corrected chi connectivity index (χ1v) is 10.7. The van der Waals surface area contributed by atoms with E-state index < -0.39 is 0 Å². The Morgan fingerprint density at radius 1 is 1.00 bits per heavy atom. The number of nitrogens with one attached hydrogen (secondary N) is 2. The molecule has 4 rings (SSSR count). The summed E-state index contributed by atoms with van der Waals surface area (Å²) in [5.74, 6) is 1.36. The summed E-state index contributed by atoms with van der Waals surface area (Å²) < 4.78 is 17.4. The fourth-order valence-electron chi connectivity index (χ4n) is 3.04. The van der Waals surface area contributed by atoms with Crippen molar-refractivity contribution in [3.63, 3.8) is 0 Å². The number of aromatic nitrogens is 1. The molecule has 3 aromatic carbocycles. The number of hydrogen-bond donors (Lipinski definition) is 2. The zero-order chi connectivity index (χ0) is 22.7. The van der Waals surface area contributed by atoms with Crippen LogP contribution in [0.5, 0.6) is 11.5 Å². The summed E-state index contributed by atoms with van der Waals surface area (Å²) in [6.45, 7) is 0. The van der Waals surface area contributed by atoms with Crippen molar-refractivity contribution in [1.29, 1.82) is 0 Å². The van der Waals surface area contributed by atoms with Crippen LogP contribution >= 0.6 is 28.1 Å². The molecule has 0 aliphatic rings. The van der Waals surface area contributed by atoms with Gasteiger partial charge < -0.3 is 19.2 Å². The number of rotatable bonds is 5. The van der Waals surface area contributed by atoms with Crippen LogP contribution in [0.4, 0.5) is 5.69 Å². The van der Waals surface area contributed by atoms with E-state index in [-0.39, 0.29) is 11.0 Å². The van der Waals surface area contributed by atoms with Crippen LogP contribution in [0.25, 0.3) is 22.6 Å². The Morgan fingerprint density at radius 2 is 1.75 bits per heavy atom. The summed E-state index contributed by atoms with van der Waals surface area (Å²) in [6.07, 6.45) is 0. The summed E-state index contributed by atoms with van der Waals surface area (Å²) in [6, 6.07) is 17.8. The van der Waals surface area contributed by atoms with Crippen molar-refractivity contribution >= 4 is 56.0 Å². The van der Waals surface area contributed by atoms with Gasteiger partial charge in [-0.1, -0.05) is 15.9 Å². The molecule has 9 heteroatoms. The van der Waals surface area contributed by atoms with Gasteiger partial charge in [0.05, 0.1) is 14.2 Å². The predicted molar refractivity (Wildman–Crippen MR) is 130 cm³/mol. The van der Waals surface area contributed by atoms with Crippen molar-refractivity contribution in [3.05, 3.63) is 70.7 Å². The van der Waals surface area contributed by atoms with Crippen LogP contribution in [0.2, 0.25) is 0 Å². The third kappa shape index (κ3) is 4.74. The van der Waals surface area contributed by atoms with Gasteiger partial charge in [0.1, 0.15) is 5.52 Å². The minimum absolute atomic E-state index is 0.181. The van der Waals surface area contributed by atoms with E-state index in [9.17, 15) is 4.79 Å². The highest BCUT2D eigenvalue weighted by molar-refractivity contribution is 9.10. The van der Waals surface area contributed by atoms with Gasteiger partial charge in [0.2, 0.25) is 5.89 Å². The van der Waals surface area contributed by atoms with Crippen molar-refractivity contribution in [2.45, 2.75) is 0 Å². The Bertz CT molecular complexity index is 1300. The van der Waals surface area contributed by atoms with Gasteiger partial charge >= 0.3 is 0 Å². The number of hydrogen-bond acceptors (Lipinski definition) is 6. The number of carbonyl (C=O) groups is 1. The Hall–Kier alpha value is -3.43. The number of oxazole rings is 1. The zero-order valence-electron chi connectivity index (χ0n) is 17.1. The standard InChI is InChI=1S/C23H18BrN3O4S/c1-29-19-9-5-14(11-20(19)30-2)22-26-17-12-16(8-10-18(17)31-22)25-23(32)27-21(28)13-3-6-15(24)7-4-13/h3-12H,1-2H3,(H2,25,27,28,32). The summed E-state index contributed by atoms with van der Waals surface area (Å²) >= 11 is 8.62. The number of methoxy groups -OCH3 is 2. The number of anilines is 1. The Labute approximate surface area is 197 Å². The maximum atomic E-state index is 12.3. The lowest BCUT2D eigenvalue weighted by Gasteiger charge is -2.09. The van der Waals surface area contributed by atoms with Crippen molar-refractivity contribution in [2.75, 3.05) is 19.5 Å². The molecule has 0 spiro atoms. The van der Waals surface area contributed by atoms with Crippen LogP contribution in [-0.2, 0) is 0 Å². The van der Waals surface area contributed by atoms with Crippen LogP contribution in [0.1, 0.15) is 10.4 Å². The van der Waals surface area contributed by atoms with Crippen molar-refractivity contribution in [1.82, 2.24) is 10.3 Å². The second-order valence-electron chi connectivity index (χ2n) is 6.69. The number of nitrogens with zero attached hydrogens (tertiary/aromatic N) is 1. The highest BCUT2D eigenvalue weighted by atomic mass is 79.9. The average molecular weight is 512 g/mol. The van der Waals surface area contributed by atoms with E-state index in [1.807, 2.05) is 6.07 Å². The molecule has 0 radical (unpaired) electrons. The maximum absolute atomic E-state index is 12.3. The Balaban J connectivity index is 1.50. The van der Waals surface area contributed by atoms with E-state index in [4.69, 9.17) is 26.1 Å². The van der Waals surface area contributed by atoms with E-state index in [1.165, 1.54) is 0 Å². The Kier molecular flexibility index (Phi) is 6.38. The molecule has 0 aliphatic carbocycles. The molecule has 0 unspecified atom stereocenters. The smallest absolute Gasteiger partial charge is 0.257 e. The van der Waals surface area contributed by atoms with Crippen molar-refractivity contribution in [2.24, 2.45) is 0 Å². The molecule has 1 amide bonds. The fourth-order valence-corrected chi connectivity index (χ4v) is 3.51. The van der Waals surface area contributed by atoms with Gasteiger partial charge in [0, 0.05) is 21.3 Å². The van der Waals surface area contributed by atoms with E-state index >= 15 is 0 Å². The van der Waals surface area contributed by atoms with Gasteiger partial charge in [0.25, 0.3) is 5.91 Å². The molecule has 0 atom stereocenters. The molecular weight excluding hydrogens is 494 g/mol. The van der Waals surface area contributed by atoms with Crippen LogP contribution in [0.15, 0.2) is 69.6 Å². The molecule has 1 heterocycles. The van der Waals surface area contributed by atoms with Crippen molar-refractivity contribution in [3.8, 4) is 23.0 Å². The second-order valence-corrected chi connectivity index (χ2v) is 8.01. The SMILES string of the molecule is COc1ccc(-c2nc3cc(NC(=S)NC(=O)c4ccc(Br)cc4)ccc3o2)cc1OC. The molecule has 162 valence electrons. The van der Waals surface area contributed by atoms with Gasteiger partial charge in [-0.3, -0.25) is 10.1 Å². The van der Waals surface area contributed by atoms with E-state index in [2.05, 4.69) is 31.5 Å². The van der Waals surface area contributed by atoms with Gasteiger partial charge in [0.15, 0.2) is 22.2 Å². The molecule has 0 aliphatic heterocycles. The lowest BCUT2D eigenvalue weighted by atomic mass is 10.2. The monoisotopic (exact) mass is 511 g/mol. The molecule has 0 fully saturated rings. The highest BCUT2D eigenvalue weighted by Crippen LogP contribution is 2.33. The molecule has 0 saturated heterocycles. The van der Waals surface area contributed by atoms with Gasteiger partial charge in [-0.05, 0) is 72.9 Å². The molecule has 0 saturated carbocycles. The predicted octanol–water partition coefficient (Wildman–Crippen LogP) is 5.40. The third-order valence-corrected chi connectivity index (χ3v) is 5.34. The second kappa shape index (κ2) is 9.37. The van der Waals surface area contributed by atoms with Crippen LogP contribution < -0.4 is 20.1 Å². The minimum atomic E-state index is -0.298. The van der Waals surface area contributed by atoms with Gasteiger partial charge in [-0.2, -0.15) is 0 Å². The minimum Gasteiger partial charge on any atom is -0.493 e. The number of thiocarbonyl (C=S) groups is 1. The first-order valence-electron chi connectivity index (χ1n) is 9.47. The molecule has 2 N–H and O–H groups in total. The largest absolute Gasteiger partial charge is 0.493 e. The number of benzene rings is 3. The molecule has 1 aromatic heterocycles. The molecule has 7 nitrogen and oxygen atoms in total. The number of halogens is 1. The summed E-state index contributed by atoms with van der Waals surface area (Å²) in [7, 11) is 3.15. The number of amides is 1. The van der Waals surface area contributed by atoms with E-state index in [0.29, 0.717) is 39.7 Å². The van der Waals surface area contributed by atoms with Crippen LogP contribution in [0.3, 0.4) is 0 Å². The lowest BCUT2D eigenvalue weighted by Crippen LogP contribution is -2.34. The van der Waals surface area contributed by atoms with Crippen LogP contribution in [-0.4, -0.2) is 30.2 Å². The first kappa shape index (κ1) is 21.8. The first-order chi connectivity index (χ1) is 15.5. The molecule has 4 aromatic rings. The number of carbonyl (C=O) groups excluding carboxylic acids is 1. The Morgan fingerprint density at radius 3 is 2.47 bits per heavy atom. The zero-order valence-corrected chi connectivity index (χ0v) is 19.5.